The quantitative estimate of drug-likeness (QED) is 0.807. The van der Waals surface area contributed by atoms with E-state index in [4.69, 9.17) is 4.74 Å². The Bertz CT molecular complexity index is 1060. The molecule has 0 spiro atoms. The molecule has 3 aliphatic rings. The topological polar surface area (TPSA) is 79.0 Å². The van der Waals surface area contributed by atoms with E-state index in [1.165, 1.54) is 0 Å². The number of carbonyl (C=O) groups excluding carboxylic acids is 3. The van der Waals surface area contributed by atoms with Gasteiger partial charge in [0.15, 0.2) is 0 Å². The van der Waals surface area contributed by atoms with Gasteiger partial charge in [-0.3, -0.25) is 14.4 Å². The van der Waals surface area contributed by atoms with E-state index in [-0.39, 0.29) is 30.2 Å². The summed E-state index contributed by atoms with van der Waals surface area (Å²) in [6.07, 6.45) is 4.03. The number of fused-ring (bicyclic) bond motifs is 2. The Hall–Kier alpha value is -3.35. The molecule has 2 aromatic rings. The number of ether oxygens (including phenoxy) is 1. The maximum absolute atomic E-state index is 13.4. The summed E-state index contributed by atoms with van der Waals surface area (Å²) >= 11 is 0. The van der Waals surface area contributed by atoms with Crippen LogP contribution in [0.5, 0.6) is 5.75 Å². The SMILES string of the molecule is COc1ccc(-c2ccc3c(c2)C(=O)N2CCN(C(=O)C4CCCC4)C[C@H]2C(=O)N3)cc1. The van der Waals surface area contributed by atoms with Crippen molar-refractivity contribution in [1.82, 2.24) is 9.80 Å². The van der Waals surface area contributed by atoms with Gasteiger partial charge in [0.2, 0.25) is 11.8 Å². The zero-order chi connectivity index (χ0) is 22.2. The predicted octanol–water partition coefficient (Wildman–Crippen LogP) is 3.16. The molecule has 1 saturated carbocycles. The molecule has 2 heterocycles. The monoisotopic (exact) mass is 433 g/mol. The second-order valence-electron chi connectivity index (χ2n) is 8.76. The average molecular weight is 434 g/mol. The summed E-state index contributed by atoms with van der Waals surface area (Å²) < 4.78 is 5.22. The molecule has 1 N–H and O–H groups in total. The van der Waals surface area contributed by atoms with Crippen molar-refractivity contribution in [1.29, 1.82) is 0 Å². The van der Waals surface area contributed by atoms with Crippen LogP contribution < -0.4 is 10.1 Å². The molecular weight excluding hydrogens is 406 g/mol. The van der Waals surface area contributed by atoms with E-state index in [0.29, 0.717) is 24.3 Å². The lowest BCUT2D eigenvalue weighted by molar-refractivity contribution is -0.139. The van der Waals surface area contributed by atoms with Crippen LogP contribution in [-0.2, 0) is 9.59 Å². The molecule has 166 valence electrons. The molecule has 2 aliphatic heterocycles. The fourth-order valence-corrected chi connectivity index (χ4v) is 5.05. The highest BCUT2D eigenvalue weighted by Gasteiger charge is 2.41. The van der Waals surface area contributed by atoms with Crippen LogP contribution in [0.1, 0.15) is 36.0 Å². The van der Waals surface area contributed by atoms with E-state index in [9.17, 15) is 14.4 Å². The third-order valence-electron chi connectivity index (χ3n) is 6.89. The fraction of sp³-hybridized carbons (Fsp3) is 0.400. The number of piperazine rings is 1. The Kier molecular flexibility index (Phi) is 5.33. The number of hydrogen-bond acceptors (Lipinski definition) is 4. The number of hydrogen-bond donors (Lipinski definition) is 1. The molecule has 0 aromatic heterocycles. The lowest BCUT2D eigenvalue weighted by Gasteiger charge is -2.40. The lowest BCUT2D eigenvalue weighted by Crippen LogP contribution is -2.60. The van der Waals surface area contributed by atoms with E-state index in [1.807, 2.05) is 36.4 Å². The van der Waals surface area contributed by atoms with Crippen molar-refractivity contribution in [3.63, 3.8) is 0 Å². The third-order valence-corrected chi connectivity index (χ3v) is 6.89. The van der Waals surface area contributed by atoms with E-state index in [0.717, 1.165) is 42.6 Å². The maximum Gasteiger partial charge on any atom is 0.256 e. The van der Waals surface area contributed by atoms with E-state index < -0.39 is 6.04 Å². The van der Waals surface area contributed by atoms with Gasteiger partial charge in [-0.1, -0.05) is 31.0 Å². The van der Waals surface area contributed by atoms with Gasteiger partial charge in [0, 0.05) is 19.0 Å². The molecule has 32 heavy (non-hydrogen) atoms. The second-order valence-corrected chi connectivity index (χ2v) is 8.76. The van der Waals surface area contributed by atoms with Gasteiger partial charge in [-0.05, 0) is 48.2 Å². The molecule has 2 aromatic carbocycles. The van der Waals surface area contributed by atoms with Crippen molar-refractivity contribution >= 4 is 23.4 Å². The summed E-state index contributed by atoms with van der Waals surface area (Å²) in [6.45, 7) is 1.09. The van der Waals surface area contributed by atoms with Gasteiger partial charge >= 0.3 is 0 Å². The standard InChI is InChI=1S/C25H27N3O4/c1-32-19-9-6-16(7-10-19)18-8-11-21-20(14-18)25(31)28-13-12-27(15-22(28)23(29)26-21)24(30)17-4-2-3-5-17/h6-11,14,17,22H,2-5,12-13,15H2,1H3,(H,26,29)/t22-/m0/s1. The number of anilines is 1. The van der Waals surface area contributed by atoms with E-state index >= 15 is 0 Å². The van der Waals surface area contributed by atoms with Crippen molar-refractivity contribution < 1.29 is 19.1 Å². The van der Waals surface area contributed by atoms with Crippen molar-refractivity contribution in [3.8, 4) is 16.9 Å². The minimum atomic E-state index is -0.668. The first-order chi connectivity index (χ1) is 15.5. The number of nitrogens with zero attached hydrogens (tertiary/aromatic N) is 2. The van der Waals surface area contributed by atoms with Crippen LogP contribution >= 0.6 is 0 Å². The normalized spacial score (nSPS) is 21.0. The van der Waals surface area contributed by atoms with Gasteiger partial charge in [0.1, 0.15) is 11.8 Å². The third kappa shape index (κ3) is 3.61. The van der Waals surface area contributed by atoms with E-state index in [1.54, 1.807) is 23.0 Å². The Balaban J connectivity index is 1.40. The van der Waals surface area contributed by atoms with Gasteiger partial charge in [-0.2, -0.15) is 0 Å². The van der Waals surface area contributed by atoms with Gasteiger partial charge in [0.25, 0.3) is 5.91 Å². The molecule has 5 rings (SSSR count). The molecule has 0 radical (unpaired) electrons. The number of amides is 3. The maximum atomic E-state index is 13.4. The van der Waals surface area contributed by atoms with Crippen molar-refractivity contribution in [2.45, 2.75) is 31.7 Å². The van der Waals surface area contributed by atoms with Gasteiger partial charge in [0.05, 0.1) is 24.9 Å². The van der Waals surface area contributed by atoms with Gasteiger partial charge in [-0.15, -0.1) is 0 Å². The summed E-state index contributed by atoms with van der Waals surface area (Å²) in [4.78, 5) is 42.8. The number of benzene rings is 2. The average Bonchev–Trinajstić information content (AvgIpc) is 3.35. The van der Waals surface area contributed by atoms with Crippen LogP contribution in [0.15, 0.2) is 42.5 Å². The lowest BCUT2D eigenvalue weighted by atomic mass is 10.0. The fourth-order valence-electron chi connectivity index (χ4n) is 5.05. The summed E-state index contributed by atoms with van der Waals surface area (Å²) in [6, 6.07) is 12.5. The smallest absolute Gasteiger partial charge is 0.256 e. The molecule has 3 amide bonds. The van der Waals surface area contributed by atoms with Crippen molar-refractivity contribution in [3.05, 3.63) is 48.0 Å². The number of nitrogens with one attached hydrogen (secondary N) is 1. The molecule has 7 heteroatoms. The van der Waals surface area contributed by atoms with Crippen LogP contribution in [-0.4, -0.2) is 60.3 Å². The summed E-state index contributed by atoms with van der Waals surface area (Å²) in [5, 5.41) is 2.92. The van der Waals surface area contributed by atoms with Crippen molar-refractivity contribution in [2.24, 2.45) is 5.92 Å². The first-order valence-electron chi connectivity index (χ1n) is 11.2. The zero-order valence-corrected chi connectivity index (χ0v) is 18.2. The van der Waals surface area contributed by atoms with Crippen LogP contribution in [0.2, 0.25) is 0 Å². The Morgan fingerprint density at radius 2 is 1.72 bits per heavy atom. The molecule has 0 bridgehead atoms. The number of methoxy groups -OCH3 is 1. The highest BCUT2D eigenvalue weighted by Crippen LogP contribution is 2.32. The molecular formula is C25H27N3O4. The van der Waals surface area contributed by atoms with Crippen molar-refractivity contribution in [2.75, 3.05) is 32.1 Å². The summed E-state index contributed by atoms with van der Waals surface area (Å²) in [7, 11) is 1.62. The number of rotatable bonds is 3. The van der Waals surface area contributed by atoms with Crippen LogP contribution in [0.25, 0.3) is 11.1 Å². The van der Waals surface area contributed by atoms with Gasteiger partial charge < -0.3 is 19.9 Å². The first-order valence-corrected chi connectivity index (χ1v) is 11.2. The van der Waals surface area contributed by atoms with E-state index in [2.05, 4.69) is 5.32 Å². The minimum absolute atomic E-state index is 0.0651. The Morgan fingerprint density at radius 3 is 2.44 bits per heavy atom. The Morgan fingerprint density at radius 1 is 1.00 bits per heavy atom. The van der Waals surface area contributed by atoms with Gasteiger partial charge in [-0.25, -0.2) is 0 Å². The minimum Gasteiger partial charge on any atom is -0.497 e. The molecule has 1 aliphatic carbocycles. The molecule has 1 saturated heterocycles. The predicted molar refractivity (Wildman–Crippen MR) is 120 cm³/mol. The Labute approximate surface area is 187 Å². The highest BCUT2D eigenvalue weighted by molar-refractivity contribution is 6.10. The molecule has 7 nitrogen and oxygen atoms in total. The van der Waals surface area contributed by atoms with Crippen LogP contribution in [0.3, 0.4) is 0 Å². The second kappa shape index (κ2) is 8.30. The van der Waals surface area contributed by atoms with Crippen LogP contribution in [0, 0.1) is 5.92 Å². The molecule has 0 unspecified atom stereocenters. The molecule has 2 fully saturated rings. The number of carbonyl (C=O) groups is 3. The highest BCUT2D eigenvalue weighted by atomic mass is 16.5. The molecule has 1 atom stereocenters. The first kappa shape index (κ1) is 20.5. The largest absolute Gasteiger partial charge is 0.497 e. The summed E-state index contributed by atoms with van der Waals surface area (Å²) in [5.74, 6) is 0.547. The zero-order valence-electron chi connectivity index (χ0n) is 18.2. The van der Waals surface area contributed by atoms with Crippen LogP contribution in [0.4, 0.5) is 5.69 Å². The summed E-state index contributed by atoms with van der Waals surface area (Å²) in [5.41, 5.74) is 2.84.